The van der Waals surface area contributed by atoms with Crippen molar-refractivity contribution in [1.29, 1.82) is 0 Å². The normalized spacial score (nSPS) is 16.0. The van der Waals surface area contributed by atoms with Gasteiger partial charge in [-0.25, -0.2) is 8.42 Å². The lowest BCUT2D eigenvalue weighted by Gasteiger charge is -2.36. The van der Waals surface area contributed by atoms with Crippen molar-refractivity contribution in [2.45, 2.75) is 31.1 Å². The van der Waals surface area contributed by atoms with Gasteiger partial charge in [-0.15, -0.1) is 0 Å². The van der Waals surface area contributed by atoms with Gasteiger partial charge in [0.15, 0.2) is 5.11 Å². The van der Waals surface area contributed by atoms with E-state index in [1.165, 1.54) is 16.4 Å². The monoisotopic (exact) mass is 656 g/mol. The summed E-state index contributed by atoms with van der Waals surface area (Å²) in [6, 6.07) is 16.3. The number of nitrogens with zero attached hydrogens (tertiary/aromatic N) is 4. The van der Waals surface area contributed by atoms with Crippen LogP contribution in [0.2, 0.25) is 5.02 Å². The van der Waals surface area contributed by atoms with Crippen molar-refractivity contribution >= 4 is 67.6 Å². The lowest BCUT2D eigenvalue weighted by atomic mass is 10.1. The van der Waals surface area contributed by atoms with Crippen LogP contribution >= 0.6 is 23.8 Å². The van der Waals surface area contributed by atoms with Crippen LogP contribution < -0.4 is 20.4 Å². The van der Waals surface area contributed by atoms with Crippen LogP contribution in [-0.4, -0.2) is 67.9 Å². The first kappa shape index (κ1) is 31.6. The summed E-state index contributed by atoms with van der Waals surface area (Å²) in [6.07, 6.45) is 3.04. The number of sulfonamides is 1. The summed E-state index contributed by atoms with van der Waals surface area (Å²) in [7, 11) is -3.64. The zero-order valence-corrected chi connectivity index (χ0v) is 26.6. The number of carbonyl (C=O) groups is 1. The summed E-state index contributed by atoms with van der Waals surface area (Å²) in [4.78, 5) is 28.7. The van der Waals surface area contributed by atoms with E-state index in [1.54, 1.807) is 48.5 Å². The highest BCUT2D eigenvalue weighted by Crippen LogP contribution is 2.35. The van der Waals surface area contributed by atoms with Crippen LogP contribution in [0.3, 0.4) is 0 Å². The number of hydrogen-bond acceptors (Lipinski definition) is 8. The number of halogens is 1. The van der Waals surface area contributed by atoms with Crippen molar-refractivity contribution in [3.05, 3.63) is 86.9 Å². The molecular weight excluding hydrogens is 624 g/mol. The molecule has 0 radical (unpaired) electrons. The van der Waals surface area contributed by atoms with Crippen LogP contribution in [0.25, 0.3) is 0 Å². The Morgan fingerprint density at radius 3 is 2.27 bits per heavy atom. The molecule has 0 aliphatic carbocycles. The molecule has 14 heteroatoms. The number of rotatable bonds is 7. The van der Waals surface area contributed by atoms with Gasteiger partial charge in [0.05, 0.1) is 37.5 Å². The van der Waals surface area contributed by atoms with E-state index in [4.69, 9.17) is 23.8 Å². The number of amides is 1. The number of thiocarbonyl (C=S) groups is 1. The maximum Gasteiger partial charge on any atom is 0.270 e. The number of non-ortho nitro benzene ring substituents is 1. The van der Waals surface area contributed by atoms with Crippen molar-refractivity contribution in [1.82, 2.24) is 9.62 Å². The molecule has 0 spiro atoms. The number of piperidine rings is 1. The molecule has 0 atom stereocenters. The van der Waals surface area contributed by atoms with E-state index in [0.29, 0.717) is 35.2 Å². The molecule has 0 saturated carbocycles. The summed E-state index contributed by atoms with van der Waals surface area (Å²) in [5.41, 5.74) is 2.75. The molecular formula is C30H33ClN6O5S2. The molecule has 2 aliphatic rings. The highest BCUT2D eigenvalue weighted by Gasteiger charge is 2.30. The van der Waals surface area contributed by atoms with Gasteiger partial charge >= 0.3 is 0 Å². The fraction of sp³-hybridized carbons (Fsp3) is 0.333. The molecule has 2 fully saturated rings. The van der Waals surface area contributed by atoms with E-state index in [0.717, 1.165) is 37.9 Å². The number of carbonyl (C=O) groups excluding carboxylic acids is 1. The fourth-order valence-corrected chi connectivity index (χ4v) is 7.42. The van der Waals surface area contributed by atoms with Crippen LogP contribution in [-0.2, 0) is 10.0 Å². The number of aryl methyl sites for hydroxylation is 1. The van der Waals surface area contributed by atoms with E-state index >= 15 is 0 Å². The highest BCUT2D eigenvalue weighted by atomic mass is 35.5. The van der Waals surface area contributed by atoms with Crippen molar-refractivity contribution in [3.63, 3.8) is 0 Å². The van der Waals surface area contributed by atoms with Crippen LogP contribution in [0.4, 0.5) is 22.7 Å². The molecule has 0 bridgehead atoms. The van der Waals surface area contributed by atoms with Gasteiger partial charge < -0.3 is 15.1 Å². The molecule has 11 nitrogen and oxygen atoms in total. The average molecular weight is 657 g/mol. The third-order valence-corrected chi connectivity index (χ3v) is 10.2. The molecule has 5 rings (SSSR count). The van der Waals surface area contributed by atoms with Crippen LogP contribution in [0.1, 0.15) is 35.2 Å². The van der Waals surface area contributed by atoms with Gasteiger partial charge in [-0.2, -0.15) is 4.31 Å². The molecule has 3 aromatic carbocycles. The first-order valence-corrected chi connectivity index (χ1v) is 16.5. The van der Waals surface area contributed by atoms with Gasteiger partial charge in [-0.3, -0.25) is 20.2 Å². The predicted octanol–water partition coefficient (Wildman–Crippen LogP) is 5.18. The number of hydrogen-bond donors (Lipinski definition) is 2. The Balaban J connectivity index is 1.30. The summed E-state index contributed by atoms with van der Waals surface area (Å²) >= 11 is 12.1. The predicted molar refractivity (Wildman–Crippen MR) is 176 cm³/mol. The fourth-order valence-electron chi connectivity index (χ4n) is 5.50. The molecule has 0 unspecified atom stereocenters. The topological polar surface area (TPSA) is 128 Å². The number of nitrogens with one attached hydrogen (secondary N) is 2. The van der Waals surface area contributed by atoms with Gasteiger partial charge in [0.2, 0.25) is 10.0 Å². The van der Waals surface area contributed by atoms with Gasteiger partial charge in [0.25, 0.3) is 11.6 Å². The Kier molecular flexibility index (Phi) is 9.68. The number of nitro benzene ring substituents is 1. The van der Waals surface area contributed by atoms with Gasteiger partial charge in [-0.1, -0.05) is 35.4 Å². The van der Waals surface area contributed by atoms with E-state index in [1.807, 2.05) is 11.8 Å². The van der Waals surface area contributed by atoms with Crippen molar-refractivity contribution in [2.75, 3.05) is 54.4 Å². The Bertz CT molecular complexity index is 1670. The van der Waals surface area contributed by atoms with E-state index in [2.05, 4.69) is 15.5 Å². The first-order valence-electron chi connectivity index (χ1n) is 14.3. The third kappa shape index (κ3) is 6.96. The van der Waals surface area contributed by atoms with E-state index < -0.39 is 20.9 Å². The summed E-state index contributed by atoms with van der Waals surface area (Å²) in [6.45, 7) is 4.70. The van der Waals surface area contributed by atoms with Gasteiger partial charge in [0.1, 0.15) is 0 Å². The number of anilines is 3. The van der Waals surface area contributed by atoms with Crippen LogP contribution in [0, 0.1) is 17.0 Å². The second kappa shape index (κ2) is 13.5. The van der Waals surface area contributed by atoms with Crippen LogP contribution in [0.15, 0.2) is 65.6 Å². The minimum atomic E-state index is -3.64. The Morgan fingerprint density at radius 1 is 0.932 bits per heavy atom. The van der Waals surface area contributed by atoms with Crippen molar-refractivity contribution in [2.24, 2.45) is 0 Å². The summed E-state index contributed by atoms with van der Waals surface area (Å²) in [5, 5.41) is 17.6. The molecule has 2 heterocycles. The van der Waals surface area contributed by atoms with Crippen molar-refractivity contribution < 1.29 is 18.1 Å². The molecule has 44 heavy (non-hydrogen) atoms. The summed E-state index contributed by atoms with van der Waals surface area (Å²) < 4.78 is 27.9. The average Bonchev–Trinajstić information content (AvgIpc) is 3.01. The maximum absolute atomic E-state index is 13.4. The van der Waals surface area contributed by atoms with E-state index in [9.17, 15) is 23.3 Å². The third-order valence-electron chi connectivity index (χ3n) is 7.81. The number of piperazine rings is 1. The minimum absolute atomic E-state index is 0.00444. The van der Waals surface area contributed by atoms with Crippen LogP contribution in [0.5, 0.6) is 0 Å². The largest absolute Gasteiger partial charge is 0.371 e. The summed E-state index contributed by atoms with van der Waals surface area (Å²) in [5.74, 6) is -0.565. The minimum Gasteiger partial charge on any atom is -0.371 e. The van der Waals surface area contributed by atoms with Gasteiger partial charge in [-0.05, 0) is 68.7 Å². The quantitative estimate of drug-likeness (QED) is 0.201. The first-order chi connectivity index (χ1) is 21.0. The smallest absolute Gasteiger partial charge is 0.270 e. The molecule has 2 N–H and O–H groups in total. The Morgan fingerprint density at radius 2 is 1.61 bits per heavy atom. The lowest BCUT2D eigenvalue weighted by Crippen LogP contribution is -2.49. The standard InChI is InChI=1S/C30H33ClN6O5S2/c1-21-8-11-23(12-9-21)44(41,42)36-18-16-35(17-19-36)28-25(31)6-5-7-26(28)32-30(43)33-29(38)24-20-22(37(39)40)10-13-27(24)34-14-3-2-4-15-34/h5-13,20H,2-4,14-19H2,1H3,(H2,32,33,38,43). The van der Waals surface area contributed by atoms with Gasteiger partial charge in [0, 0.05) is 51.4 Å². The number of benzene rings is 3. The molecule has 0 aromatic heterocycles. The lowest BCUT2D eigenvalue weighted by molar-refractivity contribution is -0.384. The second-order valence-electron chi connectivity index (χ2n) is 10.8. The van der Waals surface area contributed by atoms with Crippen molar-refractivity contribution in [3.8, 4) is 0 Å². The molecule has 232 valence electrons. The zero-order valence-electron chi connectivity index (χ0n) is 24.2. The molecule has 3 aromatic rings. The molecule has 2 saturated heterocycles. The number of nitro groups is 1. The molecule has 2 aliphatic heterocycles. The SMILES string of the molecule is Cc1ccc(S(=O)(=O)N2CCN(c3c(Cl)cccc3NC(=S)NC(=O)c3cc([N+](=O)[O-])ccc3N3CCCCC3)CC2)cc1. The zero-order chi connectivity index (χ0) is 31.4. The number of para-hydroxylation sites is 1. The Hall–Kier alpha value is -3.78. The van der Waals surface area contributed by atoms with E-state index in [-0.39, 0.29) is 34.3 Å². The Labute approximate surface area is 267 Å². The maximum atomic E-state index is 13.4. The highest BCUT2D eigenvalue weighted by molar-refractivity contribution is 7.89. The molecule has 1 amide bonds. The second-order valence-corrected chi connectivity index (χ2v) is 13.5.